The summed E-state index contributed by atoms with van der Waals surface area (Å²) in [7, 11) is 0. The van der Waals surface area contributed by atoms with E-state index < -0.39 is 0 Å². The van der Waals surface area contributed by atoms with Crippen LogP contribution in [0, 0.1) is 11.8 Å². The van der Waals surface area contributed by atoms with Crippen molar-refractivity contribution in [3.63, 3.8) is 0 Å². The van der Waals surface area contributed by atoms with E-state index >= 15 is 0 Å². The third-order valence-electron chi connectivity index (χ3n) is 0. The Kier molecular flexibility index (Phi) is 5490. The molecule has 0 bridgehead atoms. The van der Waals surface area contributed by atoms with Crippen molar-refractivity contribution in [3.8, 4) is 6.57 Å². The molecular weight excluding hydrogens is 105 g/mol. The SMILES string of the molecule is C#N.[NH2][Zn]. The summed E-state index contributed by atoms with van der Waals surface area (Å²) in [5, 5.41) is 6.50. The third kappa shape index (κ3) is 444. The van der Waals surface area contributed by atoms with Crippen molar-refractivity contribution in [1.29, 1.82) is 5.26 Å². The molecule has 0 aliphatic carbocycles. The fourth-order valence-corrected chi connectivity index (χ4v) is 0. The Morgan fingerprint density at radius 1 is 1.50 bits per heavy atom. The number of nitrogens with zero attached hydrogens (tertiary/aromatic N) is 1. The van der Waals surface area contributed by atoms with Gasteiger partial charge in [-0.1, -0.05) is 0 Å². The van der Waals surface area contributed by atoms with Gasteiger partial charge in [-0.05, 0) is 0 Å². The van der Waals surface area contributed by atoms with E-state index in [1.165, 1.54) is 0 Å². The van der Waals surface area contributed by atoms with Gasteiger partial charge in [-0.2, -0.15) is 0 Å². The summed E-state index contributed by atoms with van der Waals surface area (Å²) in [5.41, 5.74) is 0. The van der Waals surface area contributed by atoms with Crippen LogP contribution in [0.15, 0.2) is 0 Å². The fourth-order valence-electron chi connectivity index (χ4n) is 0. The second-order valence-corrected chi connectivity index (χ2v) is 0. The van der Waals surface area contributed by atoms with Gasteiger partial charge in [0.25, 0.3) is 0 Å². The summed E-state index contributed by atoms with van der Waals surface area (Å²) in [4.78, 5) is 0. The molecule has 0 aromatic heterocycles. The first-order valence-corrected chi connectivity index (χ1v) is 2.38. The quantitative estimate of drug-likeness (QED) is 0.427. The molecule has 0 aromatic rings. The van der Waals surface area contributed by atoms with E-state index in [1.807, 2.05) is 0 Å². The monoisotopic (exact) mass is 107 g/mol. The van der Waals surface area contributed by atoms with Crippen LogP contribution in [0.4, 0.5) is 0 Å². The first-order chi connectivity index (χ1) is 2.00. The molecular formula is CH3N2Zn. The van der Waals surface area contributed by atoms with E-state index in [4.69, 9.17) is 5.26 Å². The molecule has 0 aromatic carbocycles. The average molecular weight is 108 g/mol. The Morgan fingerprint density at radius 3 is 1.50 bits per heavy atom. The molecule has 2 nitrogen and oxygen atoms in total. The molecule has 19 valence electrons. The van der Waals surface area contributed by atoms with E-state index in [0.717, 1.165) is 18.5 Å². The van der Waals surface area contributed by atoms with E-state index in [-0.39, 0.29) is 0 Å². The Hall–Kier alpha value is 0.0734. The van der Waals surface area contributed by atoms with Gasteiger partial charge in [0.2, 0.25) is 0 Å². The van der Waals surface area contributed by atoms with Gasteiger partial charge in [-0.25, -0.2) is 5.26 Å². The molecule has 0 aliphatic rings. The van der Waals surface area contributed by atoms with Crippen molar-refractivity contribution >= 4 is 0 Å². The number of nitriles is 1. The minimum absolute atomic E-state index is 0.875. The van der Waals surface area contributed by atoms with Gasteiger partial charge in [-0.15, -0.1) is 0 Å². The van der Waals surface area contributed by atoms with Crippen LogP contribution in [0.25, 0.3) is 0 Å². The Morgan fingerprint density at radius 2 is 1.50 bits per heavy atom. The molecule has 2 N–H and O–H groups in total. The van der Waals surface area contributed by atoms with E-state index in [9.17, 15) is 0 Å². The molecule has 0 spiro atoms. The molecule has 0 rings (SSSR count). The van der Waals surface area contributed by atoms with Crippen LogP contribution >= 0.6 is 0 Å². The van der Waals surface area contributed by atoms with E-state index in [0.29, 0.717) is 0 Å². The molecule has 0 atom stereocenters. The first kappa shape index (κ1) is 8.95. The third-order valence-corrected chi connectivity index (χ3v) is 0. The number of nitrogens with two attached hydrogens (primary N) is 1. The first-order valence-electron chi connectivity index (χ1n) is 0.666. The van der Waals surface area contributed by atoms with Crippen molar-refractivity contribution < 1.29 is 18.5 Å². The Labute approximate surface area is 35.5 Å². The zero-order valence-corrected chi connectivity index (χ0v) is 5.28. The molecule has 0 unspecified atom stereocenters. The molecule has 0 heterocycles. The molecule has 0 amide bonds. The zero-order chi connectivity index (χ0) is 4.00. The van der Waals surface area contributed by atoms with Crippen molar-refractivity contribution in [2.24, 2.45) is 4.48 Å². The summed E-state index contributed by atoms with van der Waals surface area (Å²) < 4.78 is 4.62. The van der Waals surface area contributed by atoms with Crippen LogP contribution in [0.5, 0.6) is 0 Å². The standard InChI is InChI=1S/CHN.H2N.Zn/c1-2;;/h1H;1H2;/q;-1;+1. The molecule has 4 heavy (non-hydrogen) atoms. The maximum absolute atomic E-state index is 6.50. The van der Waals surface area contributed by atoms with Crippen LogP contribution in [-0.2, 0) is 18.5 Å². The molecule has 0 fully saturated rings. The Balaban J connectivity index is 0. The van der Waals surface area contributed by atoms with Gasteiger partial charge >= 0.3 is 23.0 Å². The van der Waals surface area contributed by atoms with Crippen LogP contribution in [0.3, 0.4) is 0 Å². The van der Waals surface area contributed by atoms with Gasteiger partial charge in [0.15, 0.2) is 0 Å². The maximum atomic E-state index is 6.50. The van der Waals surface area contributed by atoms with Gasteiger partial charge < -0.3 is 0 Å². The molecule has 0 aliphatic heterocycles. The topological polar surface area (TPSA) is 49.8 Å². The molecule has 0 saturated carbocycles. The van der Waals surface area contributed by atoms with Crippen LogP contribution < -0.4 is 4.48 Å². The summed E-state index contributed by atoms with van der Waals surface area (Å²) in [6.45, 7) is 3.50. The van der Waals surface area contributed by atoms with Crippen molar-refractivity contribution in [1.82, 2.24) is 0 Å². The summed E-state index contributed by atoms with van der Waals surface area (Å²) in [6, 6.07) is 0. The number of hydrogen-bond donors (Lipinski definition) is 1. The van der Waals surface area contributed by atoms with Crippen molar-refractivity contribution in [2.75, 3.05) is 0 Å². The van der Waals surface area contributed by atoms with E-state index in [1.54, 1.807) is 0 Å². The van der Waals surface area contributed by atoms with Crippen LogP contribution in [-0.4, -0.2) is 0 Å². The van der Waals surface area contributed by atoms with E-state index in [2.05, 4.69) is 11.0 Å². The van der Waals surface area contributed by atoms with Gasteiger partial charge in [0.1, 0.15) is 0 Å². The van der Waals surface area contributed by atoms with Crippen LogP contribution in [0.2, 0.25) is 0 Å². The number of rotatable bonds is 0. The molecule has 0 saturated heterocycles. The predicted molar refractivity (Wildman–Crippen MR) is 10.9 cm³/mol. The summed E-state index contributed by atoms with van der Waals surface area (Å²) in [6.07, 6.45) is 0. The zero-order valence-electron chi connectivity index (χ0n) is 2.31. The number of hydrogen-bond acceptors (Lipinski definition) is 2. The molecule has 0 radical (unpaired) electrons. The van der Waals surface area contributed by atoms with Crippen molar-refractivity contribution in [3.05, 3.63) is 0 Å². The normalized spacial score (nSPS) is 2.25. The second kappa shape index (κ2) is 2450. The Bertz CT molecular complexity index is 10.8. The molecule has 3 heteroatoms. The predicted octanol–water partition coefficient (Wildman–Crippen LogP) is -0.453. The van der Waals surface area contributed by atoms with Gasteiger partial charge in [0, 0.05) is 6.57 Å². The van der Waals surface area contributed by atoms with Gasteiger partial charge in [-0.3, -0.25) is 0 Å². The average Bonchev–Trinajstić information content (AvgIpc) is 1.50. The van der Waals surface area contributed by atoms with Crippen LogP contribution in [0.1, 0.15) is 0 Å². The minimum atomic E-state index is 0.875. The summed E-state index contributed by atoms with van der Waals surface area (Å²) in [5.74, 6) is 0. The van der Waals surface area contributed by atoms with Gasteiger partial charge in [0.05, 0.1) is 0 Å². The van der Waals surface area contributed by atoms with Crippen molar-refractivity contribution in [2.45, 2.75) is 0 Å². The summed E-state index contributed by atoms with van der Waals surface area (Å²) >= 11 is 0.875. The fraction of sp³-hybridized carbons (Fsp3) is 0. The second-order valence-electron chi connectivity index (χ2n) is 0.